The molecule has 0 amide bonds. The fourth-order valence-electron chi connectivity index (χ4n) is 5.28. The average molecular weight is 471 g/mol. The maximum Gasteiger partial charge on any atom is 0.110 e. The van der Waals surface area contributed by atoms with Gasteiger partial charge in [0.2, 0.25) is 0 Å². The van der Waals surface area contributed by atoms with E-state index in [2.05, 4.69) is 153 Å². The summed E-state index contributed by atoms with van der Waals surface area (Å²) in [7, 11) is -2.25. The first-order valence-corrected chi connectivity index (χ1v) is 15.2. The van der Waals surface area contributed by atoms with Crippen molar-refractivity contribution < 1.29 is 0 Å². The summed E-state index contributed by atoms with van der Waals surface area (Å²) < 4.78 is 0.138. The van der Waals surface area contributed by atoms with Gasteiger partial charge in [0, 0.05) is 0 Å². The topological polar surface area (TPSA) is 0 Å². The Morgan fingerprint density at radius 2 is 0.882 bits per heavy atom. The van der Waals surface area contributed by atoms with Crippen molar-refractivity contribution in [1.29, 1.82) is 0 Å². The van der Waals surface area contributed by atoms with Crippen LogP contribution in [0.25, 0.3) is 11.1 Å². The lowest BCUT2D eigenvalue weighted by molar-refractivity contribution is 0.940. The second-order valence-corrected chi connectivity index (χ2v) is 16.2. The van der Waals surface area contributed by atoms with Gasteiger partial charge in [-0.15, -0.1) is 0 Å². The molecule has 0 bridgehead atoms. The van der Waals surface area contributed by atoms with E-state index in [-0.39, 0.29) is 4.66 Å². The zero-order valence-corrected chi connectivity index (χ0v) is 22.2. The normalized spacial score (nSPS) is 13.2. The molecule has 0 saturated carbocycles. The zero-order chi connectivity index (χ0) is 23.2. The molecule has 0 spiro atoms. The van der Waals surface area contributed by atoms with Crippen LogP contribution < -0.4 is 15.6 Å². The summed E-state index contributed by atoms with van der Waals surface area (Å²) in [6.07, 6.45) is 0. The smallest absolute Gasteiger partial charge is 0.0663 e. The van der Waals surface area contributed by atoms with Crippen molar-refractivity contribution in [1.82, 2.24) is 0 Å². The van der Waals surface area contributed by atoms with E-state index in [0.717, 1.165) is 0 Å². The van der Waals surface area contributed by atoms with Crippen LogP contribution in [0, 0.1) is 0 Å². The summed E-state index contributed by atoms with van der Waals surface area (Å²) in [5.41, 5.74) is 4.04. The van der Waals surface area contributed by atoms with Gasteiger partial charge in [0.25, 0.3) is 0 Å². The first kappa shape index (κ1) is 22.3. The van der Waals surface area contributed by atoms with Crippen LogP contribution in [-0.4, -0.2) is 18.3 Å². The molecule has 0 nitrogen and oxygen atoms in total. The van der Waals surface area contributed by atoms with Crippen molar-refractivity contribution in [2.24, 2.45) is 0 Å². The van der Waals surface area contributed by atoms with Crippen LogP contribution in [0.2, 0.25) is 0 Å². The Balaban J connectivity index is 1.66. The van der Waals surface area contributed by atoms with Crippen molar-refractivity contribution in [2.75, 3.05) is 0 Å². The Morgan fingerprint density at radius 1 is 0.471 bits per heavy atom. The predicted molar refractivity (Wildman–Crippen MR) is 153 cm³/mol. The fraction of sp³-hybridized carbons (Fsp3) is 0.0625. The molecule has 1 atom stereocenters. The van der Waals surface area contributed by atoms with Gasteiger partial charge in [0.15, 0.2) is 0 Å². The van der Waals surface area contributed by atoms with E-state index in [1.807, 2.05) is 0 Å². The Morgan fingerprint density at radius 3 is 1.38 bits per heavy atom. The van der Waals surface area contributed by atoms with E-state index in [1.54, 1.807) is 0 Å². The monoisotopic (exact) mass is 470 g/mol. The lowest BCUT2D eigenvalue weighted by atomic mass is 10.0. The van der Waals surface area contributed by atoms with E-state index in [1.165, 1.54) is 32.3 Å². The largest absolute Gasteiger partial charge is 0.110 e. The third-order valence-corrected chi connectivity index (χ3v) is 14.5. The van der Waals surface area contributed by atoms with Crippen LogP contribution in [-0.2, 0) is 4.66 Å². The summed E-state index contributed by atoms with van der Waals surface area (Å²) >= 11 is 0. The number of hydrogen-bond donors (Lipinski definition) is 0. The fourth-order valence-corrected chi connectivity index (χ4v) is 13.6. The summed E-state index contributed by atoms with van der Waals surface area (Å²) in [5.74, 6) is 0. The van der Waals surface area contributed by atoms with E-state index in [0.29, 0.717) is 0 Å². The predicted octanol–water partition coefficient (Wildman–Crippen LogP) is 4.64. The minimum Gasteiger partial charge on any atom is -0.0663 e. The Labute approximate surface area is 207 Å². The molecule has 0 aliphatic carbocycles. The molecule has 34 heavy (non-hydrogen) atoms. The summed E-state index contributed by atoms with van der Waals surface area (Å²) in [6, 6.07) is 53.9. The van der Waals surface area contributed by atoms with Gasteiger partial charge in [-0.25, -0.2) is 0 Å². The van der Waals surface area contributed by atoms with E-state index >= 15 is 0 Å². The minimum atomic E-state index is -1.60. The van der Waals surface area contributed by atoms with Gasteiger partial charge >= 0.3 is 0 Å². The highest BCUT2D eigenvalue weighted by Crippen LogP contribution is 2.29. The van der Waals surface area contributed by atoms with Gasteiger partial charge in [-0.1, -0.05) is 168 Å². The van der Waals surface area contributed by atoms with Crippen molar-refractivity contribution in [2.45, 2.75) is 11.6 Å². The highest BCUT2D eigenvalue weighted by molar-refractivity contribution is 6.95. The van der Waals surface area contributed by atoms with Crippen LogP contribution >= 0.6 is 0 Å². The Kier molecular flexibility index (Phi) is 6.71. The molecular formula is C32H30Si2. The van der Waals surface area contributed by atoms with Crippen LogP contribution in [0.3, 0.4) is 0 Å². The first-order valence-electron chi connectivity index (χ1n) is 12.0. The van der Waals surface area contributed by atoms with E-state index in [4.69, 9.17) is 0 Å². The minimum absolute atomic E-state index is 0.138. The Bertz CT molecular complexity index is 1260. The number of rotatable bonds is 7. The van der Waals surface area contributed by atoms with Gasteiger partial charge in [-0.2, -0.15) is 0 Å². The molecule has 0 saturated heterocycles. The molecule has 0 fully saturated rings. The van der Waals surface area contributed by atoms with Crippen LogP contribution in [0.5, 0.6) is 0 Å². The third-order valence-electron chi connectivity index (χ3n) is 6.97. The maximum absolute atomic E-state index is 2.56. The summed E-state index contributed by atoms with van der Waals surface area (Å²) in [5, 5.41) is 4.57. The highest BCUT2D eigenvalue weighted by atomic mass is 28.3. The van der Waals surface area contributed by atoms with Crippen molar-refractivity contribution in [3.63, 3.8) is 0 Å². The lowest BCUT2D eigenvalue weighted by Gasteiger charge is -2.38. The van der Waals surface area contributed by atoms with Crippen molar-refractivity contribution in [3.05, 3.63) is 151 Å². The van der Waals surface area contributed by atoms with Crippen LogP contribution in [0.15, 0.2) is 146 Å². The second kappa shape index (κ2) is 10.2. The zero-order valence-electron chi connectivity index (χ0n) is 19.6. The second-order valence-electron chi connectivity index (χ2n) is 9.28. The SMILES string of the molecule is CC([SiH2]c1ccccc1)(c1ccc(-c2ccccc2)cc1)[SiH](c1ccccc1)c1ccccc1. The first-order chi connectivity index (χ1) is 16.7. The summed E-state index contributed by atoms with van der Waals surface area (Å²) in [6.45, 7) is 2.56. The quantitative estimate of drug-likeness (QED) is 0.304. The molecular weight excluding hydrogens is 441 g/mol. The Hall–Kier alpha value is -3.47. The van der Waals surface area contributed by atoms with Gasteiger partial charge in [0.05, 0.1) is 9.52 Å². The third kappa shape index (κ3) is 4.74. The number of benzene rings is 5. The maximum atomic E-state index is 2.56. The molecule has 166 valence electrons. The average Bonchev–Trinajstić information content (AvgIpc) is 2.91. The molecule has 0 N–H and O–H groups in total. The van der Waals surface area contributed by atoms with E-state index in [9.17, 15) is 0 Å². The van der Waals surface area contributed by atoms with Gasteiger partial charge in [-0.3, -0.25) is 0 Å². The molecule has 0 aromatic heterocycles. The van der Waals surface area contributed by atoms with Crippen LogP contribution in [0.1, 0.15) is 12.5 Å². The molecule has 0 radical (unpaired) electrons. The molecule has 0 heterocycles. The molecule has 2 heteroatoms. The molecule has 1 unspecified atom stereocenters. The molecule has 5 rings (SSSR count). The lowest BCUT2D eigenvalue weighted by Crippen LogP contribution is -2.61. The van der Waals surface area contributed by atoms with Gasteiger partial charge in [0.1, 0.15) is 8.80 Å². The molecule has 0 aliphatic heterocycles. The standard InChI is InChI=1S/C32H30Si2/c1-32(33-29-16-8-3-9-17-29,28-24-22-27(23-25-28)26-14-6-2-7-15-26)34(30-18-10-4-11-19-30)31-20-12-5-13-21-31/h2-25,34H,33H2,1H3. The molecule has 0 aliphatic rings. The number of hydrogen-bond acceptors (Lipinski definition) is 0. The van der Waals surface area contributed by atoms with E-state index < -0.39 is 18.3 Å². The van der Waals surface area contributed by atoms with Crippen molar-refractivity contribution >= 4 is 33.9 Å². The molecule has 5 aromatic carbocycles. The summed E-state index contributed by atoms with van der Waals surface area (Å²) in [4.78, 5) is 0. The van der Waals surface area contributed by atoms with Gasteiger partial charge < -0.3 is 0 Å². The van der Waals surface area contributed by atoms with Crippen LogP contribution in [0.4, 0.5) is 0 Å². The molecule has 5 aromatic rings. The van der Waals surface area contributed by atoms with Gasteiger partial charge in [-0.05, 0) is 21.4 Å². The highest BCUT2D eigenvalue weighted by Gasteiger charge is 2.39. The van der Waals surface area contributed by atoms with Crippen molar-refractivity contribution in [3.8, 4) is 11.1 Å².